The number of hydrogen-bond donors (Lipinski definition) is 1. The Morgan fingerprint density at radius 2 is 2.22 bits per heavy atom. The Bertz CT molecular complexity index is 483. The number of alkyl carbamates (subject to hydrolysis) is 1. The van der Waals surface area contributed by atoms with Gasteiger partial charge in [-0.3, -0.25) is 4.68 Å². The number of aromatic nitrogens is 3. The molecule has 0 saturated carbocycles. The molecule has 7 heteroatoms. The van der Waals surface area contributed by atoms with Gasteiger partial charge in [-0.1, -0.05) is 0 Å². The fourth-order valence-corrected chi connectivity index (χ4v) is 2.91. The van der Waals surface area contributed by atoms with E-state index in [0.717, 1.165) is 39.0 Å². The highest BCUT2D eigenvalue weighted by Gasteiger charge is 2.27. The molecule has 1 aromatic rings. The summed E-state index contributed by atoms with van der Waals surface area (Å²) in [6, 6.07) is 0.110. The molecule has 1 fully saturated rings. The Morgan fingerprint density at radius 1 is 1.43 bits per heavy atom. The van der Waals surface area contributed by atoms with Gasteiger partial charge in [-0.15, -0.1) is 0 Å². The van der Waals surface area contributed by atoms with E-state index in [4.69, 9.17) is 4.74 Å². The quantitative estimate of drug-likeness (QED) is 0.896. The Hall–Kier alpha value is -1.63. The number of likely N-dealkylation sites (tertiary alicyclic amines) is 1. The Morgan fingerprint density at radius 3 is 2.87 bits per heavy atom. The molecule has 1 amide bonds. The van der Waals surface area contributed by atoms with Crippen molar-refractivity contribution in [3.8, 4) is 0 Å². The van der Waals surface area contributed by atoms with E-state index in [1.807, 2.05) is 25.5 Å². The highest BCUT2D eigenvalue weighted by atomic mass is 16.6. The average Bonchev–Trinajstić information content (AvgIpc) is 2.96. The summed E-state index contributed by atoms with van der Waals surface area (Å²) in [6.07, 6.45) is 5.27. The molecule has 2 atom stereocenters. The van der Waals surface area contributed by atoms with Crippen molar-refractivity contribution in [1.82, 2.24) is 25.0 Å². The maximum atomic E-state index is 11.9. The summed E-state index contributed by atoms with van der Waals surface area (Å²) in [7, 11) is 0. The van der Waals surface area contributed by atoms with Gasteiger partial charge in [0.25, 0.3) is 0 Å². The number of amides is 1. The van der Waals surface area contributed by atoms with Gasteiger partial charge in [0.1, 0.15) is 18.3 Å². The van der Waals surface area contributed by atoms with Gasteiger partial charge in [-0.2, -0.15) is 5.10 Å². The monoisotopic (exact) mass is 323 g/mol. The van der Waals surface area contributed by atoms with E-state index in [0.29, 0.717) is 5.92 Å². The Balaban J connectivity index is 1.76. The lowest BCUT2D eigenvalue weighted by Gasteiger charge is -2.36. The molecule has 2 heterocycles. The molecule has 7 nitrogen and oxygen atoms in total. The van der Waals surface area contributed by atoms with Crippen molar-refractivity contribution in [3.63, 3.8) is 0 Å². The molecule has 1 N–H and O–H groups in total. The molecule has 1 aromatic heterocycles. The van der Waals surface area contributed by atoms with Crippen LogP contribution >= 0.6 is 0 Å². The molecule has 0 radical (unpaired) electrons. The third kappa shape index (κ3) is 6.17. The molecule has 1 aliphatic heterocycles. The van der Waals surface area contributed by atoms with Gasteiger partial charge in [-0.25, -0.2) is 9.78 Å². The van der Waals surface area contributed by atoms with Crippen LogP contribution < -0.4 is 5.32 Å². The topological polar surface area (TPSA) is 72.3 Å². The predicted octanol–water partition coefficient (Wildman–Crippen LogP) is 1.90. The van der Waals surface area contributed by atoms with E-state index >= 15 is 0 Å². The van der Waals surface area contributed by atoms with Crippen LogP contribution in [0.5, 0.6) is 0 Å². The molecule has 0 aliphatic carbocycles. The van der Waals surface area contributed by atoms with Crippen LogP contribution in [-0.4, -0.2) is 57.0 Å². The van der Waals surface area contributed by atoms with E-state index in [1.165, 1.54) is 0 Å². The standard InChI is InChI=1S/C16H29N5O2/c1-13(19-15(22)23-16(2,3)4)14-6-5-7-20(10-14)8-9-21-12-17-11-18-21/h11-14H,5-10H2,1-4H3,(H,19,22)/t13-,14+/m1/s1. The van der Waals surface area contributed by atoms with E-state index in [1.54, 1.807) is 12.7 Å². The zero-order valence-electron chi connectivity index (χ0n) is 14.7. The lowest BCUT2D eigenvalue weighted by atomic mass is 9.91. The summed E-state index contributed by atoms with van der Waals surface area (Å²) in [5, 5.41) is 7.11. The van der Waals surface area contributed by atoms with Gasteiger partial charge in [0.2, 0.25) is 0 Å². The van der Waals surface area contributed by atoms with E-state index in [-0.39, 0.29) is 12.1 Å². The molecule has 2 rings (SSSR count). The smallest absolute Gasteiger partial charge is 0.407 e. The Kier molecular flexibility index (Phi) is 5.98. The maximum Gasteiger partial charge on any atom is 0.407 e. The maximum absolute atomic E-state index is 11.9. The lowest BCUT2D eigenvalue weighted by molar-refractivity contribution is 0.0467. The lowest BCUT2D eigenvalue weighted by Crippen LogP contribution is -2.47. The van der Waals surface area contributed by atoms with Crippen LogP contribution in [0.15, 0.2) is 12.7 Å². The summed E-state index contributed by atoms with van der Waals surface area (Å²) < 4.78 is 7.19. The summed E-state index contributed by atoms with van der Waals surface area (Å²) in [6.45, 7) is 11.6. The number of hydrogen-bond acceptors (Lipinski definition) is 5. The van der Waals surface area contributed by atoms with Crippen LogP contribution in [-0.2, 0) is 11.3 Å². The molecule has 0 bridgehead atoms. The van der Waals surface area contributed by atoms with E-state index < -0.39 is 5.60 Å². The molecule has 0 spiro atoms. The van der Waals surface area contributed by atoms with Crippen LogP contribution in [0.25, 0.3) is 0 Å². The second-order valence-electron chi connectivity index (χ2n) is 7.30. The Labute approximate surface area is 138 Å². The minimum atomic E-state index is -0.458. The van der Waals surface area contributed by atoms with Crippen LogP contribution in [0, 0.1) is 5.92 Å². The molecule has 130 valence electrons. The SMILES string of the molecule is C[C@@H](NC(=O)OC(C)(C)C)[C@H]1CCCN(CCn2cncn2)C1. The summed E-state index contributed by atoms with van der Waals surface area (Å²) in [5.41, 5.74) is -0.458. The van der Waals surface area contributed by atoms with Crippen molar-refractivity contribution in [3.05, 3.63) is 12.7 Å². The largest absolute Gasteiger partial charge is 0.444 e. The summed E-state index contributed by atoms with van der Waals surface area (Å²) in [4.78, 5) is 18.3. The van der Waals surface area contributed by atoms with Gasteiger partial charge in [0.15, 0.2) is 0 Å². The number of carbonyl (C=O) groups excluding carboxylic acids is 1. The van der Waals surface area contributed by atoms with Crippen molar-refractivity contribution in [1.29, 1.82) is 0 Å². The molecular formula is C16H29N5O2. The van der Waals surface area contributed by atoms with Gasteiger partial charge in [0, 0.05) is 19.1 Å². The van der Waals surface area contributed by atoms with Gasteiger partial charge in [0.05, 0.1) is 6.54 Å². The van der Waals surface area contributed by atoms with E-state index in [2.05, 4.69) is 27.2 Å². The first-order valence-corrected chi connectivity index (χ1v) is 8.38. The molecule has 23 heavy (non-hydrogen) atoms. The number of rotatable bonds is 5. The number of ether oxygens (including phenoxy) is 1. The molecule has 0 unspecified atom stereocenters. The van der Waals surface area contributed by atoms with Crippen molar-refractivity contribution in [2.75, 3.05) is 19.6 Å². The zero-order chi connectivity index (χ0) is 16.9. The van der Waals surface area contributed by atoms with Crippen LogP contribution in [0.3, 0.4) is 0 Å². The summed E-state index contributed by atoms with van der Waals surface area (Å²) in [5.74, 6) is 0.451. The number of nitrogens with zero attached hydrogens (tertiary/aromatic N) is 4. The third-order valence-corrected chi connectivity index (χ3v) is 4.11. The molecular weight excluding hydrogens is 294 g/mol. The predicted molar refractivity (Wildman–Crippen MR) is 88.0 cm³/mol. The average molecular weight is 323 g/mol. The number of piperidine rings is 1. The fourth-order valence-electron chi connectivity index (χ4n) is 2.91. The van der Waals surface area contributed by atoms with Crippen molar-refractivity contribution < 1.29 is 9.53 Å². The minimum absolute atomic E-state index is 0.110. The van der Waals surface area contributed by atoms with Gasteiger partial charge >= 0.3 is 6.09 Å². The third-order valence-electron chi connectivity index (χ3n) is 4.11. The number of nitrogens with one attached hydrogen (secondary N) is 1. The highest BCUT2D eigenvalue weighted by Crippen LogP contribution is 2.20. The van der Waals surface area contributed by atoms with Crippen LogP contribution in [0.1, 0.15) is 40.5 Å². The first kappa shape index (κ1) is 17.7. The van der Waals surface area contributed by atoms with Crippen molar-refractivity contribution in [2.45, 2.75) is 58.7 Å². The normalized spacial score (nSPS) is 21.0. The molecule has 1 aliphatic rings. The zero-order valence-corrected chi connectivity index (χ0v) is 14.7. The number of carbonyl (C=O) groups is 1. The van der Waals surface area contributed by atoms with Crippen molar-refractivity contribution in [2.24, 2.45) is 5.92 Å². The van der Waals surface area contributed by atoms with E-state index in [9.17, 15) is 4.79 Å². The second kappa shape index (κ2) is 7.77. The van der Waals surface area contributed by atoms with Crippen LogP contribution in [0.2, 0.25) is 0 Å². The first-order chi connectivity index (χ1) is 10.8. The summed E-state index contributed by atoms with van der Waals surface area (Å²) >= 11 is 0. The second-order valence-corrected chi connectivity index (χ2v) is 7.30. The van der Waals surface area contributed by atoms with Gasteiger partial charge < -0.3 is 15.0 Å². The van der Waals surface area contributed by atoms with Gasteiger partial charge in [-0.05, 0) is 53.0 Å². The van der Waals surface area contributed by atoms with Crippen molar-refractivity contribution >= 4 is 6.09 Å². The molecule has 1 saturated heterocycles. The van der Waals surface area contributed by atoms with Crippen LogP contribution in [0.4, 0.5) is 4.79 Å². The first-order valence-electron chi connectivity index (χ1n) is 8.38. The fraction of sp³-hybridized carbons (Fsp3) is 0.812. The minimum Gasteiger partial charge on any atom is -0.444 e. The molecule has 0 aromatic carbocycles. The highest BCUT2D eigenvalue weighted by molar-refractivity contribution is 5.68.